The van der Waals surface area contributed by atoms with Gasteiger partial charge in [0.1, 0.15) is 11.4 Å². The largest absolute Gasteiger partial charge is 0.381 e. The summed E-state index contributed by atoms with van der Waals surface area (Å²) < 4.78 is 11.3. The molecular formula is C11H18N4O2. The van der Waals surface area contributed by atoms with E-state index in [0.29, 0.717) is 31.5 Å². The summed E-state index contributed by atoms with van der Waals surface area (Å²) in [7, 11) is 0. The summed E-state index contributed by atoms with van der Waals surface area (Å²) in [5.74, 6) is 6.64. The predicted molar refractivity (Wildman–Crippen MR) is 63.2 cm³/mol. The van der Waals surface area contributed by atoms with Crippen LogP contribution in [0.3, 0.4) is 0 Å². The van der Waals surface area contributed by atoms with Gasteiger partial charge in [0.05, 0.1) is 0 Å². The molecule has 1 aliphatic heterocycles. The summed E-state index contributed by atoms with van der Waals surface area (Å²) in [6.07, 6.45) is 3.23. The van der Waals surface area contributed by atoms with E-state index in [-0.39, 0.29) is 0 Å². The van der Waals surface area contributed by atoms with Crippen molar-refractivity contribution >= 4 is 5.82 Å². The van der Waals surface area contributed by atoms with Gasteiger partial charge in [0.15, 0.2) is 5.82 Å². The third-order valence-corrected chi connectivity index (χ3v) is 2.93. The molecule has 0 atom stereocenters. The summed E-state index contributed by atoms with van der Waals surface area (Å²) in [4.78, 5) is 8.69. The van der Waals surface area contributed by atoms with Crippen LogP contribution in [0.2, 0.25) is 0 Å². The first-order chi connectivity index (χ1) is 8.30. The average Bonchev–Trinajstić information content (AvgIpc) is 2.40. The van der Waals surface area contributed by atoms with E-state index in [2.05, 4.69) is 15.4 Å². The zero-order valence-corrected chi connectivity index (χ0v) is 9.98. The zero-order chi connectivity index (χ0) is 12.1. The minimum absolute atomic E-state index is 0.431. The number of nitrogens with one attached hydrogen (secondary N) is 1. The van der Waals surface area contributed by atoms with Crippen molar-refractivity contribution in [3.63, 3.8) is 0 Å². The quantitative estimate of drug-likeness (QED) is 0.596. The van der Waals surface area contributed by atoms with Crippen molar-refractivity contribution in [1.82, 2.24) is 9.97 Å². The number of aromatic nitrogens is 2. The van der Waals surface area contributed by atoms with Crippen LogP contribution in [0.4, 0.5) is 5.82 Å². The Morgan fingerprint density at radius 1 is 1.53 bits per heavy atom. The van der Waals surface area contributed by atoms with Gasteiger partial charge in [-0.2, -0.15) is 0 Å². The van der Waals surface area contributed by atoms with Crippen LogP contribution in [-0.2, 0) is 15.1 Å². The molecule has 2 rings (SSSR count). The Labute approximate surface area is 101 Å². The van der Waals surface area contributed by atoms with Crippen LogP contribution in [0.15, 0.2) is 12.3 Å². The molecule has 1 saturated heterocycles. The Morgan fingerprint density at radius 2 is 2.29 bits per heavy atom. The van der Waals surface area contributed by atoms with E-state index < -0.39 is 5.60 Å². The van der Waals surface area contributed by atoms with Crippen molar-refractivity contribution in [1.29, 1.82) is 0 Å². The third-order valence-electron chi connectivity index (χ3n) is 2.93. The summed E-state index contributed by atoms with van der Waals surface area (Å²) in [5, 5.41) is 0. The Bertz CT molecular complexity index is 361. The SMILES string of the molecule is CCOC1(c2nccc(NN)n2)CCOCC1. The van der Waals surface area contributed by atoms with Crippen molar-refractivity contribution in [2.75, 3.05) is 25.2 Å². The second-order valence-electron chi connectivity index (χ2n) is 3.95. The molecule has 17 heavy (non-hydrogen) atoms. The minimum atomic E-state index is -0.431. The first-order valence-electron chi connectivity index (χ1n) is 5.82. The number of hydrazine groups is 1. The van der Waals surface area contributed by atoms with Gasteiger partial charge in [-0.05, 0) is 6.92 Å². The fraction of sp³-hybridized carbons (Fsp3) is 0.636. The molecular weight excluding hydrogens is 220 g/mol. The van der Waals surface area contributed by atoms with Gasteiger partial charge in [-0.15, -0.1) is 0 Å². The van der Waals surface area contributed by atoms with Crippen LogP contribution < -0.4 is 11.3 Å². The van der Waals surface area contributed by atoms with E-state index in [1.54, 1.807) is 12.3 Å². The fourth-order valence-corrected chi connectivity index (χ4v) is 2.07. The molecule has 0 spiro atoms. The highest BCUT2D eigenvalue weighted by Crippen LogP contribution is 2.34. The lowest BCUT2D eigenvalue weighted by Gasteiger charge is -2.35. The molecule has 1 fully saturated rings. The number of rotatable bonds is 4. The number of nitrogen functional groups attached to an aromatic ring is 1. The fourth-order valence-electron chi connectivity index (χ4n) is 2.07. The molecule has 0 aromatic carbocycles. The third kappa shape index (κ3) is 2.54. The van der Waals surface area contributed by atoms with Gasteiger partial charge in [0, 0.05) is 44.9 Å². The van der Waals surface area contributed by atoms with E-state index in [1.165, 1.54) is 0 Å². The molecule has 6 nitrogen and oxygen atoms in total. The highest BCUT2D eigenvalue weighted by Gasteiger charge is 2.38. The zero-order valence-electron chi connectivity index (χ0n) is 9.98. The first kappa shape index (κ1) is 12.2. The lowest BCUT2D eigenvalue weighted by atomic mass is 9.93. The summed E-state index contributed by atoms with van der Waals surface area (Å²) in [6.45, 7) is 3.94. The van der Waals surface area contributed by atoms with Crippen LogP contribution in [0.5, 0.6) is 0 Å². The lowest BCUT2D eigenvalue weighted by molar-refractivity contribution is -0.117. The van der Waals surface area contributed by atoms with Crippen LogP contribution in [0, 0.1) is 0 Å². The Balaban J connectivity index is 2.30. The van der Waals surface area contributed by atoms with Gasteiger partial charge >= 0.3 is 0 Å². The van der Waals surface area contributed by atoms with Crippen molar-refractivity contribution in [3.8, 4) is 0 Å². The molecule has 0 unspecified atom stereocenters. The monoisotopic (exact) mass is 238 g/mol. The number of hydrogen-bond donors (Lipinski definition) is 2. The van der Waals surface area contributed by atoms with Crippen LogP contribution in [0.25, 0.3) is 0 Å². The lowest BCUT2D eigenvalue weighted by Crippen LogP contribution is -2.38. The second-order valence-corrected chi connectivity index (χ2v) is 3.95. The Hall–Kier alpha value is -1.24. The molecule has 1 aromatic heterocycles. The highest BCUT2D eigenvalue weighted by molar-refractivity contribution is 5.31. The van der Waals surface area contributed by atoms with Crippen LogP contribution >= 0.6 is 0 Å². The van der Waals surface area contributed by atoms with Crippen LogP contribution in [-0.4, -0.2) is 29.8 Å². The van der Waals surface area contributed by atoms with E-state index in [4.69, 9.17) is 15.3 Å². The second kappa shape index (κ2) is 5.39. The standard InChI is InChI=1S/C11H18N4O2/c1-2-17-11(4-7-16-8-5-11)10-13-6-3-9(14-10)15-12/h3,6H,2,4-5,7-8,12H2,1H3,(H,13,14,15). The molecule has 94 valence electrons. The van der Waals surface area contributed by atoms with E-state index in [9.17, 15) is 0 Å². The van der Waals surface area contributed by atoms with Crippen molar-refractivity contribution < 1.29 is 9.47 Å². The van der Waals surface area contributed by atoms with E-state index in [1.807, 2.05) is 6.92 Å². The van der Waals surface area contributed by atoms with Crippen molar-refractivity contribution in [3.05, 3.63) is 18.1 Å². The maximum Gasteiger partial charge on any atom is 0.162 e. The molecule has 2 heterocycles. The van der Waals surface area contributed by atoms with Gasteiger partial charge in [-0.25, -0.2) is 15.8 Å². The number of ether oxygens (including phenoxy) is 2. The number of nitrogens with zero attached hydrogens (tertiary/aromatic N) is 2. The van der Waals surface area contributed by atoms with Gasteiger partial charge in [-0.1, -0.05) is 0 Å². The molecule has 0 radical (unpaired) electrons. The minimum Gasteiger partial charge on any atom is -0.381 e. The Morgan fingerprint density at radius 3 is 2.94 bits per heavy atom. The van der Waals surface area contributed by atoms with Crippen molar-refractivity contribution in [2.24, 2.45) is 5.84 Å². The smallest absolute Gasteiger partial charge is 0.162 e. The molecule has 0 aliphatic carbocycles. The van der Waals surface area contributed by atoms with Gasteiger partial charge in [0.25, 0.3) is 0 Å². The Kier molecular flexibility index (Phi) is 3.88. The molecule has 6 heteroatoms. The number of hydrogen-bond acceptors (Lipinski definition) is 6. The molecule has 3 N–H and O–H groups in total. The number of anilines is 1. The van der Waals surface area contributed by atoms with Crippen LogP contribution in [0.1, 0.15) is 25.6 Å². The van der Waals surface area contributed by atoms with Gasteiger partial charge in [-0.3, -0.25) is 0 Å². The first-order valence-corrected chi connectivity index (χ1v) is 5.82. The van der Waals surface area contributed by atoms with E-state index >= 15 is 0 Å². The maximum atomic E-state index is 5.88. The summed E-state index contributed by atoms with van der Waals surface area (Å²) in [6, 6.07) is 1.72. The maximum absolute atomic E-state index is 5.88. The normalized spacial score (nSPS) is 18.9. The highest BCUT2D eigenvalue weighted by atomic mass is 16.5. The summed E-state index contributed by atoms with van der Waals surface area (Å²) >= 11 is 0. The van der Waals surface area contributed by atoms with Gasteiger partial charge in [0.2, 0.25) is 0 Å². The van der Waals surface area contributed by atoms with Gasteiger partial charge < -0.3 is 14.9 Å². The molecule has 0 saturated carbocycles. The molecule has 1 aromatic rings. The molecule has 0 amide bonds. The predicted octanol–water partition coefficient (Wildman–Crippen LogP) is 0.804. The molecule has 0 bridgehead atoms. The topological polar surface area (TPSA) is 82.3 Å². The average molecular weight is 238 g/mol. The van der Waals surface area contributed by atoms with Crippen molar-refractivity contribution in [2.45, 2.75) is 25.4 Å². The number of nitrogens with two attached hydrogens (primary N) is 1. The molecule has 1 aliphatic rings. The van der Waals surface area contributed by atoms with E-state index in [0.717, 1.165) is 12.8 Å². The summed E-state index contributed by atoms with van der Waals surface area (Å²) in [5.41, 5.74) is 2.10.